The first-order valence-corrected chi connectivity index (χ1v) is 8.74. The van der Waals surface area contributed by atoms with Gasteiger partial charge in [-0.15, -0.1) is 0 Å². The molecule has 0 aromatic rings. The summed E-state index contributed by atoms with van der Waals surface area (Å²) in [6.45, 7) is 6.09. The monoisotopic (exact) mass is 297 g/mol. The maximum atomic E-state index is 12.0. The van der Waals surface area contributed by atoms with Gasteiger partial charge in [-0.05, 0) is 58.3 Å². The first-order valence-electron chi connectivity index (χ1n) is 8.74. The predicted molar refractivity (Wildman–Crippen MR) is 83.2 cm³/mol. The lowest BCUT2D eigenvalue weighted by Gasteiger charge is -2.28. The van der Waals surface area contributed by atoms with Crippen LogP contribution in [-0.4, -0.2) is 37.4 Å². The Labute approximate surface area is 129 Å². The van der Waals surface area contributed by atoms with E-state index < -0.39 is 0 Å². The largest absolute Gasteiger partial charge is 0.462 e. The zero-order valence-electron chi connectivity index (χ0n) is 13.6. The summed E-state index contributed by atoms with van der Waals surface area (Å²) in [7, 11) is 0. The summed E-state index contributed by atoms with van der Waals surface area (Å²) in [5.74, 6) is 0.0968. The number of esters is 1. The summed E-state index contributed by atoms with van der Waals surface area (Å²) in [5, 5.41) is 3.32. The van der Waals surface area contributed by atoms with Crippen LogP contribution in [0.4, 0.5) is 0 Å². The van der Waals surface area contributed by atoms with Crippen LogP contribution in [-0.2, 0) is 14.3 Å². The number of ether oxygens (including phenoxy) is 2. The third-order valence-corrected chi connectivity index (χ3v) is 4.69. The Morgan fingerprint density at radius 3 is 2.57 bits per heavy atom. The van der Waals surface area contributed by atoms with E-state index in [1.54, 1.807) is 0 Å². The molecule has 4 nitrogen and oxygen atoms in total. The van der Waals surface area contributed by atoms with E-state index in [-0.39, 0.29) is 18.0 Å². The van der Waals surface area contributed by atoms with Crippen molar-refractivity contribution < 1.29 is 14.3 Å². The van der Waals surface area contributed by atoms with Crippen molar-refractivity contribution in [2.45, 2.75) is 83.5 Å². The minimum absolute atomic E-state index is 0.000247. The minimum atomic E-state index is -0.000247. The number of nitrogens with one attached hydrogen (secondary N) is 1. The smallest absolute Gasteiger partial charge is 0.309 e. The van der Waals surface area contributed by atoms with Gasteiger partial charge in [0.25, 0.3) is 0 Å². The molecule has 2 rings (SSSR count). The maximum absolute atomic E-state index is 12.0. The summed E-state index contributed by atoms with van der Waals surface area (Å²) >= 11 is 0. The fourth-order valence-electron chi connectivity index (χ4n) is 2.87. The lowest BCUT2D eigenvalue weighted by Crippen LogP contribution is -2.29. The molecule has 1 aliphatic carbocycles. The quantitative estimate of drug-likeness (QED) is 0.404. The predicted octanol–water partition coefficient (Wildman–Crippen LogP) is 3.05. The Morgan fingerprint density at radius 2 is 1.95 bits per heavy atom. The molecule has 1 saturated carbocycles. The van der Waals surface area contributed by atoms with Crippen LogP contribution in [0.3, 0.4) is 0 Å². The molecule has 122 valence electrons. The van der Waals surface area contributed by atoms with E-state index in [9.17, 15) is 4.79 Å². The molecule has 0 bridgehead atoms. The highest BCUT2D eigenvalue weighted by Gasteiger charge is 2.28. The average molecular weight is 297 g/mol. The lowest BCUT2D eigenvalue weighted by atomic mass is 9.87. The van der Waals surface area contributed by atoms with Gasteiger partial charge in [0.1, 0.15) is 0 Å². The molecule has 0 aromatic carbocycles. The Balaban J connectivity index is 1.51. The second-order valence-corrected chi connectivity index (χ2v) is 6.60. The molecule has 1 aliphatic heterocycles. The van der Waals surface area contributed by atoms with Crippen molar-refractivity contribution in [2.24, 2.45) is 5.92 Å². The molecule has 0 spiro atoms. The summed E-state index contributed by atoms with van der Waals surface area (Å²) in [4.78, 5) is 12.0. The topological polar surface area (TPSA) is 57.5 Å². The van der Waals surface area contributed by atoms with Gasteiger partial charge in [0.15, 0.2) is 0 Å². The Kier molecular flexibility index (Phi) is 6.97. The molecule has 21 heavy (non-hydrogen) atoms. The maximum Gasteiger partial charge on any atom is 0.309 e. The lowest BCUT2D eigenvalue weighted by molar-refractivity contribution is -0.155. The van der Waals surface area contributed by atoms with Gasteiger partial charge in [-0.1, -0.05) is 6.92 Å². The molecule has 1 N–H and O–H groups in total. The molecule has 4 heteroatoms. The molecule has 2 unspecified atom stereocenters. The zero-order chi connectivity index (χ0) is 15.1. The number of carbonyl (C=O) groups is 1. The Morgan fingerprint density at radius 1 is 1.24 bits per heavy atom. The normalized spacial score (nSPS) is 29.9. The number of rotatable bonds is 9. The van der Waals surface area contributed by atoms with E-state index >= 15 is 0 Å². The van der Waals surface area contributed by atoms with Gasteiger partial charge in [0, 0.05) is 19.2 Å². The van der Waals surface area contributed by atoms with Gasteiger partial charge in [0.2, 0.25) is 0 Å². The third kappa shape index (κ3) is 6.35. The van der Waals surface area contributed by atoms with Crippen molar-refractivity contribution in [3.63, 3.8) is 0 Å². The van der Waals surface area contributed by atoms with E-state index in [4.69, 9.17) is 9.47 Å². The summed E-state index contributed by atoms with van der Waals surface area (Å²) in [5.41, 5.74) is 0. The third-order valence-electron chi connectivity index (χ3n) is 4.69. The van der Waals surface area contributed by atoms with E-state index in [0.717, 1.165) is 51.2 Å². The SMILES string of the molecule is CCC(C)OC(=O)C1CCC(OCCCCC2CN2)CC1. The van der Waals surface area contributed by atoms with E-state index in [0.29, 0.717) is 6.10 Å². The Bertz CT molecular complexity index is 309. The van der Waals surface area contributed by atoms with Gasteiger partial charge in [-0.25, -0.2) is 0 Å². The van der Waals surface area contributed by atoms with Crippen LogP contribution in [0.5, 0.6) is 0 Å². The van der Waals surface area contributed by atoms with Crippen molar-refractivity contribution in [3.05, 3.63) is 0 Å². The minimum Gasteiger partial charge on any atom is -0.462 e. The van der Waals surface area contributed by atoms with E-state index in [2.05, 4.69) is 5.32 Å². The molecule has 2 fully saturated rings. The second kappa shape index (κ2) is 8.74. The first kappa shape index (κ1) is 16.8. The molecule has 0 radical (unpaired) electrons. The van der Waals surface area contributed by atoms with Gasteiger partial charge in [0.05, 0.1) is 18.1 Å². The van der Waals surface area contributed by atoms with Crippen LogP contribution >= 0.6 is 0 Å². The summed E-state index contributed by atoms with van der Waals surface area (Å²) in [6.07, 6.45) is 8.86. The van der Waals surface area contributed by atoms with Crippen LogP contribution in [0, 0.1) is 5.92 Å². The van der Waals surface area contributed by atoms with Crippen molar-refractivity contribution >= 4 is 5.97 Å². The van der Waals surface area contributed by atoms with Crippen molar-refractivity contribution in [3.8, 4) is 0 Å². The standard InChI is InChI=1S/C17H31NO3/c1-3-13(2)21-17(19)14-7-9-16(10-8-14)20-11-5-4-6-15-12-18-15/h13-16,18H,3-12H2,1-2H3. The summed E-state index contributed by atoms with van der Waals surface area (Å²) < 4.78 is 11.4. The van der Waals surface area contributed by atoms with Gasteiger partial charge >= 0.3 is 5.97 Å². The number of hydrogen-bond donors (Lipinski definition) is 1. The first-order chi connectivity index (χ1) is 10.2. The van der Waals surface area contributed by atoms with Crippen LogP contribution in [0.15, 0.2) is 0 Å². The van der Waals surface area contributed by atoms with E-state index in [1.807, 2.05) is 13.8 Å². The highest BCUT2D eigenvalue weighted by atomic mass is 16.5. The van der Waals surface area contributed by atoms with Crippen LogP contribution in [0.25, 0.3) is 0 Å². The van der Waals surface area contributed by atoms with Crippen molar-refractivity contribution in [1.82, 2.24) is 5.32 Å². The fourth-order valence-corrected chi connectivity index (χ4v) is 2.87. The van der Waals surface area contributed by atoms with Crippen LogP contribution < -0.4 is 5.32 Å². The second-order valence-electron chi connectivity index (χ2n) is 6.60. The zero-order valence-corrected chi connectivity index (χ0v) is 13.6. The molecular formula is C17H31NO3. The van der Waals surface area contributed by atoms with Crippen molar-refractivity contribution in [2.75, 3.05) is 13.2 Å². The van der Waals surface area contributed by atoms with Crippen LogP contribution in [0.2, 0.25) is 0 Å². The average Bonchev–Trinajstić information content (AvgIpc) is 3.31. The van der Waals surface area contributed by atoms with Crippen molar-refractivity contribution in [1.29, 1.82) is 0 Å². The van der Waals surface area contributed by atoms with Gasteiger partial charge in [-0.2, -0.15) is 0 Å². The summed E-state index contributed by atoms with van der Waals surface area (Å²) in [6, 6.07) is 0.789. The number of carbonyl (C=O) groups excluding carboxylic acids is 1. The molecule has 0 aromatic heterocycles. The van der Waals surface area contributed by atoms with E-state index in [1.165, 1.54) is 19.4 Å². The number of unbranched alkanes of at least 4 members (excludes halogenated alkanes) is 1. The molecule has 1 heterocycles. The Hall–Kier alpha value is -0.610. The molecule has 2 aliphatic rings. The molecule has 0 amide bonds. The molecule has 2 atom stereocenters. The number of hydrogen-bond acceptors (Lipinski definition) is 4. The van der Waals surface area contributed by atoms with Crippen LogP contribution in [0.1, 0.15) is 65.2 Å². The molecule has 1 saturated heterocycles. The van der Waals surface area contributed by atoms with Gasteiger partial charge in [-0.3, -0.25) is 4.79 Å². The van der Waals surface area contributed by atoms with Gasteiger partial charge < -0.3 is 14.8 Å². The highest BCUT2D eigenvalue weighted by Crippen LogP contribution is 2.28. The fraction of sp³-hybridized carbons (Fsp3) is 0.941. The highest BCUT2D eigenvalue weighted by molar-refractivity contribution is 5.72. The molecular weight excluding hydrogens is 266 g/mol.